The van der Waals surface area contributed by atoms with Gasteiger partial charge in [0.1, 0.15) is 0 Å². The van der Waals surface area contributed by atoms with Crippen molar-refractivity contribution >= 4 is 5.97 Å². The summed E-state index contributed by atoms with van der Waals surface area (Å²) in [6.45, 7) is 17.3. The number of rotatable bonds is 2. The van der Waals surface area contributed by atoms with E-state index < -0.39 is 11.4 Å². The van der Waals surface area contributed by atoms with Gasteiger partial charge in [-0.05, 0) is 103 Å². The third-order valence-electron chi connectivity index (χ3n) is 14.6. The van der Waals surface area contributed by atoms with Crippen LogP contribution < -0.4 is 0 Å². The third kappa shape index (κ3) is 3.44. The monoisotopic (exact) mass is 566 g/mol. The SMILES string of the molecule is C[C@H]1[C@H](C)CC[C@]2(C(=O)O)CC[C@]3(C)C(=CC[C@@H]4[C@@]5(C)Cc6cnc(-c7ccccc7)nc6C(C)(C)[C@@H]5CC[C@]43C)[C@H]12. The van der Waals surface area contributed by atoms with Gasteiger partial charge >= 0.3 is 5.97 Å². The van der Waals surface area contributed by atoms with Crippen molar-refractivity contribution in [3.63, 3.8) is 0 Å². The Morgan fingerprint density at radius 3 is 2.38 bits per heavy atom. The zero-order chi connectivity index (χ0) is 29.9. The Labute approximate surface area is 252 Å². The van der Waals surface area contributed by atoms with Crippen LogP contribution in [0.15, 0.2) is 48.2 Å². The molecule has 0 amide bonds. The highest BCUT2D eigenvalue weighted by Gasteiger charge is 2.69. The molecule has 9 atom stereocenters. The number of fused-ring (bicyclic) bond motifs is 8. The van der Waals surface area contributed by atoms with Gasteiger partial charge in [0.15, 0.2) is 5.82 Å². The second-order valence-electron chi connectivity index (χ2n) is 16.4. The lowest BCUT2D eigenvalue weighted by molar-refractivity contribution is -0.179. The maximum absolute atomic E-state index is 13.0. The maximum Gasteiger partial charge on any atom is 0.310 e. The Balaban J connectivity index is 1.31. The van der Waals surface area contributed by atoms with Crippen LogP contribution in [0, 0.1) is 51.2 Å². The van der Waals surface area contributed by atoms with Crippen molar-refractivity contribution in [2.45, 2.75) is 105 Å². The fraction of sp³-hybridized carbons (Fsp3) is 0.658. The summed E-state index contributed by atoms with van der Waals surface area (Å²) in [6, 6.07) is 10.4. The Hall–Kier alpha value is -2.49. The van der Waals surface area contributed by atoms with E-state index in [1.165, 1.54) is 29.7 Å². The van der Waals surface area contributed by atoms with Crippen molar-refractivity contribution in [3.8, 4) is 11.4 Å². The Morgan fingerprint density at radius 1 is 0.929 bits per heavy atom. The zero-order valence-corrected chi connectivity index (χ0v) is 26.8. The molecule has 1 heterocycles. The van der Waals surface area contributed by atoms with Gasteiger partial charge in [0.25, 0.3) is 0 Å². The summed E-state index contributed by atoms with van der Waals surface area (Å²) in [6.07, 6.45) is 12.9. The average Bonchev–Trinajstić information content (AvgIpc) is 2.95. The molecule has 1 N–H and O–H groups in total. The van der Waals surface area contributed by atoms with Crippen molar-refractivity contribution in [2.24, 2.45) is 51.2 Å². The summed E-state index contributed by atoms with van der Waals surface area (Å²) in [5.74, 6) is 2.52. The molecule has 7 rings (SSSR count). The van der Waals surface area contributed by atoms with Crippen LogP contribution in [0.25, 0.3) is 11.4 Å². The molecule has 0 saturated heterocycles. The van der Waals surface area contributed by atoms with Crippen molar-refractivity contribution in [1.82, 2.24) is 9.97 Å². The number of nitrogens with zero attached hydrogens (tertiary/aromatic N) is 2. The molecule has 0 unspecified atom stereocenters. The van der Waals surface area contributed by atoms with E-state index in [9.17, 15) is 9.90 Å². The Morgan fingerprint density at radius 2 is 1.67 bits per heavy atom. The fourth-order valence-corrected chi connectivity index (χ4v) is 12.1. The molecule has 1 aromatic heterocycles. The molecule has 2 aromatic rings. The number of carboxylic acids is 1. The van der Waals surface area contributed by atoms with E-state index in [2.05, 4.69) is 85.0 Å². The van der Waals surface area contributed by atoms with Gasteiger partial charge in [0.05, 0.1) is 11.1 Å². The highest BCUT2D eigenvalue weighted by atomic mass is 16.4. The minimum absolute atomic E-state index is 0.0386. The van der Waals surface area contributed by atoms with Crippen LogP contribution in [0.4, 0.5) is 0 Å². The van der Waals surface area contributed by atoms with E-state index in [1.807, 2.05) is 6.07 Å². The number of allylic oxidation sites excluding steroid dienone is 2. The topological polar surface area (TPSA) is 63.1 Å². The second-order valence-corrected chi connectivity index (χ2v) is 16.4. The lowest BCUT2D eigenvalue weighted by Crippen LogP contribution is -2.65. The van der Waals surface area contributed by atoms with Gasteiger partial charge in [-0.15, -0.1) is 0 Å². The molecule has 4 heteroatoms. The minimum Gasteiger partial charge on any atom is -0.481 e. The molecule has 0 spiro atoms. The Kier molecular flexibility index (Phi) is 6.07. The molecule has 0 aliphatic heterocycles. The smallest absolute Gasteiger partial charge is 0.310 e. The largest absolute Gasteiger partial charge is 0.481 e. The molecule has 5 aliphatic carbocycles. The molecular formula is C38H50N2O2. The average molecular weight is 567 g/mol. The molecule has 0 bridgehead atoms. The molecular weight excluding hydrogens is 516 g/mol. The number of carboxylic acid groups (broad SMARTS) is 1. The summed E-state index contributed by atoms with van der Waals surface area (Å²) in [7, 11) is 0. The molecule has 3 saturated carbocycles. The van der Waals surface area contributed by atoms with Gasteiger partial charge < -0.3 is 5.11 Å². The number of hydrogen-bond donors (Lipinski definition) is 1. The quantitative estimate of drug-likeness (QED) is 0.369. The van der Waals surface area contributed by atoms with E-state index >= 15 is 0 Å². The minimum atomic E-state index is -0.582. The number of hydrogen-bond acceptors (Lipinski definition) is 3. The van der Waals surface area contributed by atoms with E-state index in [4.69, 9.17) is 9.97 Å². The van der Waals surface area contributed by atoms with Gasteiger partial charge in [0.2, 0.25) is 0 Å². The van der Waals surface area contributed by atoms with Crippen LogP contribution >= 0.6 is 0 Å². The van der Waals surface area contributed by atoms with Crippen LogP contribution in [0.1, 0.15) is 105 Å². The second kappa shape index (κ2) is 9.02. The van der Waals surface area contributed by atoms with Crippen molar-refractivity contribution in [3.05, 3.63) is 59.4 Å². The predicted molar refractivity (Wildman–Crippen MR) is 168 cm³/mol. The maximum atomic E-state index is 13.0. The lowest BCUT2D eigenvalue weighted by atomic mass is 9.33. The lowest BCUT2D eigenvalue weighted by Gasteiger charge is -2.70. The predicted octanol–water partition coefficient (Wildman–Crippen LogP) is 8.90. The molecule has 42 heavy (non-hydrogen) atoms. The molecule has 1 aromatic carbocycles. The first-order valence-electron chi connectivity index (χ1n) is 16.7. The number of aliphatic carboxylic acids is 1. The van der Waals surface area contributed by atoms with Gasteiger partial charge in [0, 0.05) is 17.2 Å². The third-order valence-corrected chi connectivity index (χ3v) is 14.6. The van der Waals surface area contributed by atoms with Crippen molar-refractivity contribution in [1.29, 1.82) is 0 Å². The summed E-state index contributed by atoms with van der Waals surface area (Å²) < 4.78 is 0. The summed E-state index contributed by atoms with van der Waals surface area (Å²) in [4.78, 5) is 23.2. The van der Waals surface area contributed by atoms with Crippen LogP contribution in [0.2, 0.25) is 0 Å². The molecule has 224 valence electrons. The van der Waals surface area contributed by atoms with Gasteiger partial charge in [-0.25, -0.2) is 9.97 Å². The number of benzene rings is 1. The Bertz CT molecular complexity index is 1460. The summed E-state index contributed by atoms with van der Waals surface area (Å²) in [5.41, 5.74) is 4.87. The van der Waals surface area contributed by atoms with E-state index in [-0.39, 0.29) is 27.6 Å². The summed E-state index contributed by atoms with van der Waals surface area (Å²) >= 11 is 0. The molecule has 0 radical (unpaired) electrons. The first kappa shape index (κ1) is 28.3. The standard InChI is InChI=1S/C38H50N2O2/c1-23-15-18-38(33(41)42)20-19-36(6)27(30(38)24(23)2)13-14-29-35(5)21-26-22-39-32(25-11-9-8-10-12-25)40-31(26)34(3,4)28(35)16-17-37(29,36)7/h8-13,22-24,28-30H,14-21H2,1-7H3,(H,41,42)/t23-,24+,28+,29-,30+,35+,36-,37-,38+/m1/s1. The van der Waals surface area contributed by atoms with Crippen LogP contribution in [-0.4, -0.2) is 21.0 Å². The molecule has 3 fully saturated rings. The summed E-state index contributed by atoms with van der Waals surface area (Å²) in [5, 5.41) is 10.7. The number of aromatic nitrogens is 2. The highest BCUT2D eigenvalue weighted by molar-refractivity contribution is 5.76. The van der Waals surface area contributed by atoms with E-state index in [1.54, 1.807) is 0 Å². The van der Waals surface area contributed by atoms with Crippen molar-refractivity contribution < 1.29 is 9.90 Å². The molecule has 5 aliphatic rings. The van der Waals surface area contributed by atoms with Crippen molar-refractivity contribution in [2.75, 3.05) is 0 Å². The number of carbonyl (C=O) groups is 1. The fourth-order valence-electron chi connectivity index (χ4n) is 12.1. The first-order valence-corrected chi connectivity index (χ1v) is 16.7. The van der Waals surface area contributed by atoms with Gasteiger partial charge in [-0.3, -0.25) is 4.79 Å². The van der Waals surface area contributed by atoms with Crippen LogP contribution in [0.3, 0.4) is 0 Å². The highest BCUT2D eigenvalue weighted by Crippen LogP contribution is 2.75. The van der Waals surface area contributed by atoms with Crippen LogP contribution in [0.5, 0.6) is 0 Å². The van der Waals surface area contributed by atoms with Crippen LogP contribution in [-0.2, 0) is 16.6 Å². The normalized spacial score (nSPS) is 43.5. The van der Waals surface area contributed by atoms with E-state index in [0.717, 1.165) is 49.9 Å². The molecule has 4 nitrogen and oxygen atoms in total. The van der Waals surface area contributed by atoms with E-state index in [0.29, 0.717) is 23.7 Å². The zero-order valence-electron chi connectivity index (χ0n) is 26.8. The first-order chi connectivity index (χ1) is 19.8. The van der Waals surface area contributed by atoms with Gasteiger partial charge in [-0.1, -0.05) is 90.4 Å². The van der Waals surface area contributed by atoms with Gasteiger partial charge in [-0.2, -0.15) is 0 Å².